The first-order valence-corrected chi connectivity index (χ1v) is 5.54. The zero-order valence-corrected chi connectivity index (χ0v) is 9.90. The first-order chi connectivity index (χ1) is 8.22. The van der Waals surface area contributed by atoms with Crippen LogP contribution in [0.15, 0.2) is 41.0 Å². The predicted molar refractivity (Wildman–Crippen MR) is 64.5 cm³/mol. The van der Waals surface area contributed by atoms with Crippen LogP contribution in [0.1, 0.15) is 28.6 Å². The van der Waals surface area contributed by atoms with E-state index in [1.54, 1.807) is 37.3 Å². The van der Waals surface area contributed by atoms with Gasteiger partial charge in [-0.05, 0) is 44.2 Å². The average molecular weight is 230 g/mol. The van der Waals surface area contributed by atoms with Crippen molar-refractivity contribution in [3.63, 3.8) is 0 Å². The van der Waals surface area contributed by atoms with Gasteiger partial charge >= 0.3 is 0 Å². The molecule has 1 heterocycles. The second-order valence-corrected chi connectivity index (χ2v) is 3.68. The Balaban J connectivity index is 2.23. The summed E-state index contributed by atoms with van der Waals surface area (Å²) in [5.41, 5.74) is 1.24. The lowest BCUT2D eigenvalue weighted by Crippen LogP contribution is -2.01. The number of ether oxygens (including phenoxy) is 1. The van der Waals surface area contributed by atoms with Gasteiger partial charge in [0.1, 0.15) is 11.5 Å². The van der Waals surface area contributed by atoms with Crippen molar-refractivity contribution in [2.75, 3.05) is 6.61 Å². The molecule has 0 aliphatic carbocycles. The zero-order valence-electron chi connectivity index (χ0n) is 9.90. The zero-order chi connectivity index (χ0) is 12.3. The summed E-state index contributed by atoms with van der Waals surface area (Å²) in [4.78, 5) is 12.1. The number of ketones is 1. The van der Waals surface area contributed by atoms with Crippen LogP contribution in [0.3, 0.4) is 0 Å². The first-order valence-electron chi connectivity index (χ1n) is 5.54. The molecule has 0 fully saturated rings. The van der Waals surface area contributed by atoms with E-state index in [4.69, 9.17) is 9.15 Å². The largest absolute Gasteiger partial charge is 0.494 e. The lowest BCUT2D eigenvalue weighted by Gasteiger charge is -2.04. The summed E-state index contributed by atoms with van der Waals surface area (Å²) >= 11 is 0. The van der Waals surface area contributed by atoms with Crippen LogP contribution in [0.5, 0.6) is 5.75 Å². The van der Waals surface area contributed by atoms with Gasteiger partial charge in [-0.15, -0.1) is 0 Å². The third kappa shape index (κ3) is 2.38. The third-order valence-electron chi connectivity index (χ3n) is 2.53. The fourth-order valence-electron chi connectivity index (χ4n) is 1.65. The van der Waals surface area contributed by atoms with Crippen LogP contribution >= 0.6 is 0 Å². The molecule has 0 saturated heterocycles. The molecule has 3 heteroatoms. The maximum atomic E-state index is 12.1. The highest BCUT2D eigenvalue weighted by Gasteiger charge is 2.13. The first kappa shape index (κ1) is 11.5. The van der Waals surface area contributed by atoms with E-state index in [-0.39, 0.29) is 5.78 Å². The molecular weight excluding hydrogens is 216 g/mol. The van der Waals surface area contributed by atoms with Crippen molar-refractivity contribution in [1.29, 1.82) is 0 Å². The van der Waals surface area contributed by atoms with Crippen molar-refractivity contribution < 1.29 is 13.9 Å². The van der Waals surface area contributed by atoms with Crippen LogP contribution in [0.4, 0.5) is 0 Å². The molecule has 17 heavy (non-hydrogen) atoms. The highest BCUT2D eigenvalue weighted by molar-refractivity contribution is 6.09. The van der Waals surface area contributed by atoms with Gasteiger partial charge in [-0.2, -0.15) is 0 Å². The average Bonchev–Trinajstić information content (AvgIpc) is 2.76. The number of benzene rings is 1. The second kappa shape index (κ2) is 4.87. The molecule has 0 bridgehead atoms. The Bertz CT molecular complexity index is 509. The van der Waals surface area contributed by atoms with Gasteiger partial charge in [-0.3, -0.25) is 4.79 Å². The monoisotopic (exact) mass is 230 g/mol. The number of hydrogen-bond donors (Lipinski definition) is 0. The van der Waals surface area contributed by atoms with Crippen LogP contribution in [-0.2, 0) is 0 Å². The number of hydrogen-bond acceptors (Lipinski definition) is 3. The smallest absolute Gasteiger partial charge is 0.196 e. The maximum Gasteiger partial charge on any atom is 0.196 e. The molecule has 3 nitrogen and oxygen atoms in total. The summed E-state index contributed by atoms with van der Waals surface area (Å²) < 4.78 is 10.4. The lowest BCUT2D eigenvalue weighted by atomic mass is 10.0. The van der Waals surface area contributed by atoms with Crippen LogP contribution in [0, 0.1) is 6.92 Å². The van der Waals surface area contributed by atoms with Crippen molar-refractivity contribution in [2.45, 2.75) is 13.8 Å². The molecule has 0 N–H and O–H groups in total. The predicted octanol–water partition coefficient (Wildman–Crippen LogP) is 3.22. The molecule has 0 aliphatic heterocycles. The van der Waals surface area contributed by atoms with E-state index in [0.717, 1.165) is 5.75 Å². The summed E-state index contributed by atoms with van der Waals surface area (Å²) in [6.07, 6.45) is 1.52. The Kier molecular flexibility index (Phi) is 3.28. The van der Waals surface area contributed by atoms with Crippen molar-refractivity contribution in [2.24, 2.45) is 0 Å². The van der Waals surface area contributed by atoms with Gasteiger partial charge in [0.05, 0.1) is 18.4 Å². The van der Waals surface area contributed by atoms with Gasteiger partial charge in [0.2, 0.25) is 0 Å². The summed E-state index contributed by atoms with van der Waals surface area (Å²) in [5.74, 6) is 1.39. The van der Waals surface area contributed by atoms with Crippen LogP contribution in [0.2, 0.25) is 0 Å². The molecule has 0 aliphatic rings. The van der Waals surface area contributed by atoms with E-state index in [9.17, 15) is 4.79 Å². The minimum absolute atomic E-state index is 0.0284. The topological polar surface area (TPSA) is 39.4 Å². The van der Waals surface area contributed by atoms with Gasteiger partial charge in [-0.25, -0.2) is 0 Å². The molecule has 0 radical (unpaired) electrons. The SMILES string of the molecule is CCOc1ccc(C(=O)c2ccoc2C)cc1. The van der Waals surface area contributed by atoms with Gasteiger partial charge < -0.3 is 9.15 Å². The minimum atomic E-state index is -0.0284. The summed E-state index contributed by atoms with van der Waals surface area (Å²) in [7, 11) is 0. The standard InChI is InChI=1S/C14H14O3/c1-3-16-12-6-4-11(5-7-12)14(15)13-8-9-17-10(13)2/h4-9H,3H2,1-2H3. The summed E-state index contributed by atoms with van der Waals surface area (Å²) in [6, 6.07) is 8.81. The maximum absolute atomic E-state index is 12.1. The van der Waals surface area contributed by atoms with Crippen LogP contribution < -0.4 is 4.74 Å². The number of rotatable bonds is 4. The fourth-order valence-corrected chi connectivity index (χ4v) is 1.65. The highest BCUT2D eigenvalue weighted by atomic mass is 16.5. The van der Waals surface area contributed by atoms with Gasteiger partial charge in [0, 0.05) is 5.56 Å². The molecule has 0 unspecified atom stereocenters. The fraction of sp³-hybridized carbons (Fsp3) is 0.214. The van der Waals surface area contributed by atoms with Crippen molar-refractivity contribution in [1.82, 2.24) is 0 Å². The minimum Gasteiger partial charge on any atom is -0.494 e. The molecule has 1 aromatic heterocycles. The van der Waals surface area contributed by atoms with E-state index in [2.05, 4.69) is 0 Å². The van der Waals surface area contributed by atoms with Crippen molar-refractivity contribution in [3.8, 4) is 5.75 Å². The molecule has 0 saturated carbocycles. The summed E-state index contributed by atoms with van der Waals surface area (Å²) in [6.45, 7) is 4.32. The van der Waals surface area contributed by atoms with E-state index in [0.29, 0.717) is 23.5 Å². The third-order valence-corrected chi connectivity index (χ3v) is 2.53. The lowest BCUT2D eigenvalue weighted by molar-refractivity contribution is 0.103. The van der Waals surface area contributed by atoms with Gasteiger partial charge in [0.15, 0.2) is 5.78 Å². The molecular formula is C14H14O3. The number of aryl methyl sites for hydroxylation is 1. The molecule has 88 valence electrons. The van der Waals surface area contributed by atoms with Gasteiger partial charge in [-0.1, -0.05) is 0 Å². The van der Waals surface area contributed by atoms with Crippen LogP contribution in [0.25, 0.3) is 0 Å². The molecule has 2 rings (SSSR count). The second-order valence-electron chi connectivity index (χ2n) is 3.68. The Labute approximate surface area is 100 Å². The Morgan fingerprint density at radius 3 is 2.47 bits per heavy atom. The normalized spacial score (nSPS) is 10.2. The number of carbonyl (C=O) groups is 1. The Hall–Kier alpha value is -2.03. The Morgan fingerprint density at radius 2 is 1.94 bits per heavy atom. The van der Waals surface area contributed by atoms with Crippen LogP contribution in [-0.4, -0.2) is 12.4 Å². The van der Waals surface area contributed by atoms with Crippen molar-refractivity contribution >= 4 is 5.78 Å². The highest BCUT2D eigenvalue weighted by Crippen LogP contribution is 2.18. The molecule has 0 spiro atoms. The van der Waals surface area contributed by atoms with E-state index < -0.39 is 0 Å². The molecule has 0 amide bonds. The quantitative estimate of drug-likeness (QED) is 0.757. The van der Waals surface area contributed by atoms with Gasteiger partial charge in [0.25, 0.3) is 0 Å². The number of carbonyl (C=O) groups excluding carboxylic acids is 1. The van der Waals surface area contributed by atoms with Crippen molar-refractivity contribution in [3.05, 3.63) is 53.5 Å². The van der Waals surface area contributed by atoms with E-state index in [1.165, 1.54) is 6.26 Å². The number of furan rings is 1. The molecule has 0 atom stereocenters. The van der Waals surface area contributed by atoms with E-state index in [1.807, 2.05) is 6.92 Å². The van der Waals surface area contributed by atoms with E-state index >= 15 is 0 Å². The molecule has 1 aromatic carbocycles. The Morgan fingerprint density at radius 1 is 1.24 bits per heavy atom. The summed E-state index contributed by atoms with van der Waals surface area (Å²) in [5, 5.41) is 0. The molecule has 2 aromatic rings.